The third kappa shape index (κ3) is 4.36. The van der Waals surface area contributed by atoms with Gasteiger partial charge in [0.25, 0.3) is 0 Å². The van der Waals surface area contributed by atoms with E-state index in [9.17, 15) is 13.2 Å². The summed E-state index contributed by atoms with van der Waals surface area (Å²) < 4.78 is 39.7. The van der Waals surface area contributed by atoms with Gasteiger partial charge in [0.1, 0.15) is 0 Å². The highest BCUT2D eigenvalue weighted by atomic mass is 19.4. The van der Waals surface area contributed by atoms with Crippen LogP contribution in [0.25, 0.3) is 0 Å². The van der Waals surface area contributed by atoms with E-state index in [0.717, 1.165) is 28.5 Å². The Morgan fingerprint density at radius 2 is 1.80 bits per heavy atom. The second-order valence-electron chi connectivity index (χ2n) is 6.99. The zero-order valence-corrected chi connectivity index (χ0v) is 16.2. The first kappa shape index (κ1) is 19.7. The molecule has 0 spiro atoms. The number of nitrogens with one attached hydrogen (secondary N) is 1. The Balaban J connectivity index is 1.68. The quantitative estimate of drug-likeness (QED) is 0.524. The number of halogens is 3. The highest BCUT2D eigenvalue weighted by molar-refractivity contribution is 6.04. The molecule has 0 saturated heterocycles. The Kier molecular flexibility index (Phi) is 5.28. The van der Waals surface area contributed by atoms with E-state index in [2.05, 4.69) is 27.1 Å². The molecular formula is C24H18F3N3. The Hall–Kier alpha value is -3.59. The van der Waals surface area contributed by atoms with Gasteiger partial charge in [-0.1, -0.05) is 24.0 Å². The molecule has 0 atom stereocenters. The van der Waals surface area contributed by atoms with E-state index in [1.54, 1.807) is 12.4 Å². The van der Waals surface area contributed by atoms with Gasteiger partial charge >= 0.3 is 6.18 Å². The van der Waals surface area contributed by atoms with E-state index in [0.29, 0.717) is 24.3 Å². The van der Waals surface area contributed by atoms with E-state index >= 15 is 0 Å². The molecule has 0 amide bonds. The third-order valence-electron chi connectivity index (χ3n) is 4.79. The average molecular weight is 405 g/mol. The first-order chi connectivity index (χ1) is 14.4. The molecule has 30 heavy (non-hydrogen) atoms. The van der Waals surface area contributed by atoms with Crippen molar-refractivity contribution >= 4 is 17.1 Å². The normalized spacial score (nSPS) is 13.3. The highest BCUT2D eigenvalue weighted by Gasteiger charge is 2.33. The number of alkyl halides is 3. The van der Waals surface area contributed by atoms with Crippen molar-refractivity contribution in [2.75, 3.05) is 11.9 Å². The molecule has 0 aliphatic carbocycles. The lowest BCUT2D eigenvalue weighted by molar-refractivity contribution is -0.138. The number of aromatic nitrogens is 1. The molecule has 0 bridgehead atoms. The summed E-state index contributed by atoms with van der Waals surface area (Å²) in [7, 11) is 0. The molecule has 3 aromatic rings. The molecule has 3 nitrogen and oxygen atoms in total. The zero-order chi connectivity index (χ0) is 21.1. The maximum absolute atomic E-state index is 13.2. The second-order valence-corrected chi connectivity index (χ2v) is 6.99. The number of rotatable bonds is 1. The highest BCUT2D eigenvalue weighted by Crippen LogP contribution is 2.39. The predicted molar refractivity (Wildman–Crippen MR) is 112 cm³/mol. The molecule has 0 saturated carbocycles. The number of fused-ring (bicyclic) bond motifs is 1. The van der Waals surface area contributed by atoms with Crippen LogP contribution in [-0.4, -0.2) is 17.2 Å². The van der Waals surface area contributed by atoms with Crippen molar-refractivity contribution in [1.82, 2.24) is 4.98 Å². The number of aliphatic imine (C=N–C) groups is 1. The summed E-state index contributed by atoms with van der Waals surface area (Å²) in [5.74, 6) is 6.20. The summed E-state index contributed by atoms with van der Waals surface area (Å²) in [6, 6.07) is 14.1. The summed E-state index contributed by atoms with van der Waals surface area (Å²) in [5, 5.41) is 3.08. The van der Waals surface area contributed by atoms with Gasteiger partial charge in [-0.25, -0.2) is 0 Å². The van der Waals surface area contributed by atoms with Gasteiger partial charge in [-0.3, -0.25) is 9.98 Å². The molecule has 6 heteroatoms. The van der Waals surface area contributed by atoms with E-state index in [4.69, 9.17) is 0 Å². The fraction of sp³-hybridized carbons (Fsp3) is 0.167. The maximum Gasteiger partial charge on any atom is 0.416 e. The molecular weight excluding hydrogens is 387 g/mol. The summed E-state index contributed by atoms with van der Waals surface area (Å²) in [5.41, 5.74) is 3.80. The molecule has 1 aliphatic rings. The predicted octanol–water partition coefficient (Wildman–Crippen LogP) is 5.75. The third-order valence-corrected chi connectivity index (χ3v) is 4.79. The van der Waals surface area contributed by atoms with Crippen LogP contribution in [0.15, 0.2) is 65.9 Å². The smallest absolute Gasteiger partial charge is 0.383 e. The van der Waals surface area contributed by atoms with Gasteiger partial charge in [0.2, 0.25) is 0 Å². The van der Waals surface area contributed by atoms with Crippen molar-refractivity contribution in [3.63, 3.8) is 0 Å². The van der Waals surface area contributed by atoms with Gasteiger partial charge in [0.05, 0.1) is 22.6 Å². The number of hydrogen-bond acceptors (Lipinski definition) is 3. The SMILES string of the molecule is Cc1cc2c(cc1C(F)(F)F)NCCC(c1cccc(C#Cc3cccnc3)c1)=N2. The van der Waals surface area contributed by atoms with Crippen LogP contribution in [0.4, 0.5) is 24.5 Å². The largest absolute Gasteiger partial charge is 0.416 e. The minimum Gasteiger partial charge on any atom is -0.383 e. The summed E-state index contributed by atoms with van der Waals surface area (Å²) in [4.78, 5) is 8.73. The molecule has 0 fully saturated rings. The minimum atomic E-state index is -4.39. The van der Waals surface area contributed by atoms with Gasteiger partial charge in [-0.2, -0.15) is 13.2 Å². The lowest BCUT2D eigenvalue weighted by Gasteiger charge is -2.14. The van der Waals surface area contributed by atoms with E-state index in [1.807, 2.05) is 36.4 Å². The van der Waals surface area contributed by atoms with Gasteiger partial charge in [0, 0.05) is 36.5 Å². The van der Waals surface area contributed by atoms with Crippen LogP contribution < -0.4 is 5.32 Å². The van der Waals surface area contributed by atoms with Crippen molar-refractivity contribution in [2.45, 2.75) is 19.5 Å². The Morgan fingerprint density at radius 1 is 1.00 bits per heavy atom. The van der Waals surface area contributed by atoms with E-state index < -0.39 is 11.7 Å². The summed E-state index contributed by atoms with van der Waals surface area (Å²) in [6.45, 7) is 1.95. The summed E-state index contributed by atoms with van der Waals surface area (Å²) >= 11 is 0. The monoisotopic (exact) mass is 405 g/mol. The molecule has 1 N–H and O–H groups in total. The zero-order valence-electron chi connectivity index (χ0n) is 16.2. The summed E-state index contributed by atoms with van der Waals surface area (Å²) in [6.07, 6.45) is -0.400. The van der Waals surface area contributed by atoms with Crippen molar-refractivity contribution in [2.24, 2.45) is 4.99 Å². The topological polar surface area (TPSA) is 37.3 Å². The Bertz CT molecular complexity index is 1170. The van der Waals surface area contributed by atoms with Gasteiger partial charge < -0.3 is 5.32 Å². The van der Waals surface area contributed by atoms with Crippen LogP contribution in [-0.2, 0) is 6.18 Å². The number of hydrogen-bond donors (Lipinski definition) is 1. The number of nitrogens with zero attached hydrogens (tertiary/aromatic N) is 2. The number of anilines is 1. The fourth-order valence-electron chi connectivity index (χ4n) is 3.32. The van der Waals surface area contributed by atoms with Crippen LogP contribution in [0.1, 0.15) is 34.2 Å². The standard InChI is InChI=1S/C24H18F3N3/c1-16-12-23-22(14-20(16)24(25,26)27)29-11-9-21(30-23)19-6-2-4-17(13-19)7-8-18-5-3-10-28-15-18/h2-6,10,12-15,29H,9,11H2,1H3. The number of benzene rings is 2. The van der Waals surface area contributed by atoms with Crippen molar-refractivity contribution in [3.05, 3.63) is 88.7 Å². The first-order valence-electron chi connectivity index (χ1n) is 9.46. The van der Waals surface area contributed by atoms with Gasteiger partial charge in [-0.05, 0) is 54.4 Å². The van der Waals surface area contributed by atoms with Crippen molar-refractivity contribution in [1.29, 1.82) is 0 Å². The molecule has 2 heterocycles. The van der Waals surface area contributed by atoms with Gasteiger partial charge in [0.15, 0.2) is 0 Å². The van der Waals surface area contributed by atoms with Crippen LogP contribution in [0.5, 0.6) is 0 Å². The second kappa shape index (κ2) is 8.03. The van der Waals surface area contributed by atoms with E-state index in [-0.39, 0.29) is 5.56 Å². The lowest BCUT2D eigenvalue weighted by atomic mass is 10.0. The number of pyridine rings is 1. The number of aryl methyl sites for hydroxylation is 1. The van der Waals surface area contributed by atoms with Crippen molar-refractivity contribution < 1.29 is 13.2 Å². The van der Waals surface area contributed by atoms with Crippen LogP contribution >= 0.6 is 0 Å². The molecule has 4 rings (SSSR count). The molecule has 1 aromatic heterocycles. The van der Waals surface area contributed by atoms with Crippen LogP contribution in [0, 0.1) is 18.8 Å². The molecule has 2 aromatic carbocycles. The maximum atomic E-state index is 13.2. The van der Waals surface area contributed by atoms with Crippen LogP contribution in [0.3, 0.4) is 0 Å². The average Bonchev–Trinajstić information content (AvgIpc) is 2.94. The lowest BCUT2D eigenvalue weighted by Crippen LogP contribution is -2.09. The fourth-order valence-corrected chi connectivity index (χ4v) is 3.32. The van der Waals surface area contributed by atoms with Crippen molar-refractivity contribution in [3.8, 4) is 11.8 Å². The molecule has 150 valence electrons. The Morgan fingerprint density at radius 3 is 2.57 bits per heavy atom. The first-order valence-corrected chi connectivity index (χ1v) is 9.46. The minimum absolute atomic E-state index is 0.157. The van der Waals surface area contributed by atoms with E-state index in [1.165, 1.54) is 13.0 Å². The van der Waals surface area contributed by atoms with Gasteiger partial charge in [-0.15, -0.1) is 0 Å². The molecule has 0 radical (unpaired) electrons. The Labute approximate surface area is 172 Å². The molecule has 1 aliphatic heterocycles. The molecule has 0 unspecified atom stereocenters. The van der Waals surface area contributed by atoms with Crippen LogP contribution in [0.2, 0.25) is 0 Å².